The first-order valence-electron chi connectivity index (χ1n) is 11.2. The van der Waals surface area contributed by atoms with E-state index in [0.29, 0.717) is 24.0 Å². The number of hydrogen-bond donors (Lipinski definition) is 3. The Morgan fingerprint density at radius 3 is 2.56 bits per heavy atom. The van der Waals surface area contributed by atoms with Gasteiger partial charge in [-0.05, 0) is 36.8 Å². The molecule has 9 heteroatoms. The van der Waals surface area contributed by atoms with Gasteiger partial charge >= 0.3 is 6.01 Å². The molecule has 2 atom stereocenters. The number of nitrogen functional groups attached to an aromatic ring is 1. The second-order valence-electron chi connectivity index (χ2n) is 8.63. The summed E-state index contributed by atoms with van der Waals surface area (Å²) in [6.07, 6.45) is 6.42. The zero-order valence-electron chi connectivity index (χ0n) is 18.7. The van der Waals surface area contributed by atoms with E-state index in [-0.39, 0.29) is 18.4 Å². The molecule has 2 unspecified atom stereocenters. The van der Waals surface area contributed by atoms with Crippen LogP contribution in [-0.4, -0.2) is 42.7 Å². The van der Waals surface area contributed by atoms with Crippen LogP contribution in [0.4, 0.5) is 17.3 Å². The van der Waals surface area contributed by atoms with Crippen molar-refractivity contribution in [1.29, 1.82) is 0 Å². The summed E-state index contributed by atoms with van der Waals surface area (Å²) in [6, 6.07) is 8.52. The number of rotatable bonds is 8. The maximum absolute atomic E-state index is 11.9. The van der Waals surface area contributed by atoms with Crippen molar-refractivity contribution in [2.45, 2.75) is 56.8 Å². The predicted octanol–water partition coefficient (Wildman–Crippen LogP) is 2.72. The van der Waals surface area contributed by atoms with Crippen LogP contribution >= 0.6 is 0 Å². The number of carbonyl (C=O) groups excluding carboxylic acids is 1. The summed E-state index contributed by atoms with van der Waals surface area (Å²) < 4.78 is 10.6. The second-order valence-corrected chi connectivity index (χ2v) is 8.63. The molecule has 9 nitrogen and oxygen atoms in total. The van der Waals surface area contributed by atoms with Crippen LogP contribution in [-0.2, 0) is 15.2 Å². The molecule has 0 bridgehead atoms. The van der Waals surface area contributed by atoms with Gasteiger partial charge in [0.1, 0.15) is 18.0 Å². The summed E-state index contributed by atoms with van der Waals surface area (Å²) in [5, 5.41) is 3.08. The number of methoxy groups -OCH3 is 1. The van der Waals surface area contributed by atoms with Gasteiger partial charge < -0.3 is 31.2 Å². The van der Waals surface area contributed by atoms with Gasteiger partial charge in [-0.1, -0.05) is 43.5 Å². The smallest absolute Gasteiger partial charge is 0.320 e. The minimum absolute atomic E-state index is 0.111. The fourth-order valence-corrected chi connectivity index (χ4v) is 4.65. The highest BCUT2D eigenvalue weighted by Crippen LogP contribution is 2.43. The number of aromatic nitrogens is 2. The molecule has 1 aliphatic heterocycles. The molecule has 2 heterocycles. The lowest BCUT2D eigenvalue weighted by Crippen LogP contribution is -2.56. The van der Waals surface area contributed by atoms with Crippen molar-refractivity contribution < 1.29 is 14.3 Å². The summed E-state index contributed by atoms with van der Waals surface area (Å²) in [4.78, 5) is 22.3. The molecule has 2 aliphatic rings. The van der Waals surface area contributed by atoms with Gasteiger partial charge in [0.25, 0.3) is 0 Å². The molecule has 0 spiro atoms. The third kappa shape index (κ3) is 4.22. The Hall–Kier alpha value is -2.91. The topological polar surface area (TPSA) is 129 Å². The van der Waals surface area contributed by atoms with E-state index in [1.165, 1.54) is 37.7 Å². The number of aldehydes is 1. The van der Waals surface area contributed by atoms with Gasteiger partial charge in [-0.15, -0.1) is 0 Å². The van der Waals surface area contributed by atoms with E-state index >= 15 is 0 Å². The van der Waals surface area contributed by atoms with Gasteiger partial charge in [-0.3, -0.25) is 4.79 Å². The SMILES string of the molecule is COCCOc1nc(N)c2c(n1)N(C(C)(N)c1ccc(C3CCCCC3)cc1)C(C=O)N2. The molecular formula is C23H32N6O3. The van der Waals surface area contributed by atoms with E-state index in [9.17, 15) is 4.79 Å². The van der Waals surface area contributed by atoms with Gasteiger partial charge in [0.2, 0.25) is 0 Å². The molecule has 2 aromatic rings. The molecule has 1 aromatic heterocycles. The Bertz CT molecular complexity index is 943. The van der Waals surface area contributed by atoms with E-state index < -0.39 is 11.8 Å². The highest BCUT2D eigenvalue weighted by atomic mass is 16.5. The van der Waals surface area contributed by atoms with Crippen molar-refractivity contribution in [3.8, 4) is 6.01 Å². The quantitative estimate of drug-likeness (QED) is 0.419. The standard InChI is InChI=1S/C23H32N6O3/c1-23(25,17-10-8-16(9-11-17)15-6-4-3-5-7-15)29-18(14-30)26-19-20(24)27-22(28-21(19)29)32-13-12-31-2/h8-11,14-15,18,26H,3-7,12-13,25H2,1-2H3,(H2,24,27,28). The van der Waals surface area contributed by atoms with Crippen molar-refractivity contribution in [2.75, 3.05) is 36.3 Å². The zero-order valence-corrected chi connectivity index (χ0v) is 18.7. The van der Waals surface area contributed by atoms with E-state index in [1.54, 1.807) is 12.0 Å². The highest BCUT2D eigenvalue weighted by molar-refractivity contribution is 5.88. The van der Waals surface area contributed by atoms with E-state index in [0.717, 1.165) is 11.8 Å². The Labute approximate surface area is 188 Å². The third-order valence-corrected chi connectivity index (χ3v) is 6.42. The number of benzene rings is 1. The van der Waals surface area contributed by atoms with Gasteiger partial charge in [0.15, 0.2) is 24.1 Å². The molecular weight excluding hydrogens is 408 g/mol. The average molecular weight is 441 g/mol. The largest absolute Gasteiger partial charge is 0.461 e. The van der Waals surface area contributed by atoms with Gasteiger partial charge in [0.05, 0.1) is 6.61 Å². The maximum atomic E-state index is 11.9. The number of nitrogens with one attached hydrogen (secondary N) is 1. The molecule has 1 aliphatic carbocycles. The van der Waals surface area contributed by atoms with Crippen LogP contribution in [0.15, 0.2) is 24.3 Å². The number of ether oxygens (including phenoxy) is 2. The van der Waals surface area contributed by atoms with E-state index in [1.807, 2.05) is 19.1 Å². The van der Waals surface area contributed by atoms with Crippen LogP contribution in [0.25, 0.3) is 0 Å². The van der Waals surface area contributed by atoms with Gasteiger partial charge in [-0.25, -0.2) is 0 Å². The number of fused-ring (bicyclic) bond motifs is 1. The Morgan fingerprint density at radius 1 is 1.19 bits per heavy atom. The van der Waals surface area contributed by atoms with Crippen LogP contribution in [0, 0.1) is 0 Å². The highest BCUT2D eigenvalue weighted by Gasteiger charge is 2.43. The molecule has 1 saturated carbocycles. The van der Waals surface area contributed by atoms with Crippen molar-refractivity contribution in [2.24, 2.45) is 5.73 Å². The second kappa shape index (κ2) is 9.30. The summed E-state index contributed by atoms with van der Waals surface area (Å²) in [5.41, 5.74) is 14.6. The molecule has 4 rings (SSSR count). The zero-order chi connectivity index (χ0) is 22.7. The lowest BCUT2D eigenvalue weighted by atomic mass is 9.83. The summed E-state index contributed by atoms with van der Waals surface area (Å²) in [5.74, 6) is 1.24. The van der Waals surface area contributed by atoms with Crippen molar-refractivity contribution in [3.05, 3.63) is 35.4 Å². The summed E-state index contributed by atoms with van der Waals surface area (Å²) in [6.45, 7) is 2.53. The lowest BCUT2D eigenvalue weighted by Gasteiger charge is -2.39. The monoisotopic (exact) mass is 440 g/mol. The minimum atomic E-state index is -1.03. The Morgan fingerprint density at radius 2 is 1.91 bits per heavy atom. The first kappa shape index (κ1) is 22.3. The van der Waals surface area contributed by atoms with Crippen molar-refractivity contribution in [1.82, 2.24) is 9.97 Å². The van der Waals surface area contributed by atoms with Crippen molar-refractivity contribution in [3.63, 3.8) is 0 Å². The molecule has 172 valence electrons. The van der Waals surface area contributed by atoms with Crippen molar-refractivity contribution >= 4 is 23.6 Å². The number of carbonyl (C=O) groups is 1. The van der Waals surface area contributed by atoms with E-state index in [4.69, 9.17) is 20.9 Å². The third-order valence-electron chi connectivity index (χ3n) is 6.42. The van der Waals surface area contributed by atoms with Crippen LogP contribution in [0.2, 0.25) is 0 Å². The number of anilines is 3. The minimum Gasteiger partial charge on any atom is -0.461 e. The van der Waals surface area contributed by atoms with E-state index in [2.05, 4.69) is 27.4 Å². The van der Waals surface area contributed by atoms with Crippen LogP contribution in [0.3, 0.4) is 0 Å². The fourth-order valence-electron chi connectivity index (χ4n) is 4.65. The molecule has 32 heavy (non-hydrogen) atoms. The Kier molecular flexibility index (Phi) is 6.48. The molecule has 5 N–H and O–H groups in total. The molecule has 1 fully saturated rings. The fraction of sp³-hybridized carbons (Fsp3) is 0.522. The van der Waals surface area contributed by atoms with Gasteiger partial charge in [0, 0.05) is 7.11 Å². The average Bonchev–Trinajstić information content (AvgIpc) is 3.20. The first-order valence-corrected chi connectivity index (χ1v) is 11.2. The molecule has 0 radical (unpaired) electrons. The number of hydrogen-bond acceptors (Lipinski definition) is 9. The summed E-state index contributed by atoms with van der Waals surface area (Å²) >= 11 is 0. The molecule has 1 aromatic carbocycles. The number of nitrogens with zero attached hydrogens (tertiary/aromatic N) is 3. The van der Waals surface area contributed by atoms with Gasteiger partial charge in [-0.2, -0.15) is 9.97 Å². The maximum Gasteiger partial charge on any atom is 0.320 e. The van der Waals surface area contributed by atoms with Crippen LogP contribution in [0.1, 0.15) is 56.1 Å². The predicted molar refractivity (Wildman–Crippen MR) is 124 cm³/mol. The van der Waals surface area contributed by atoms with Crippen LogP contribution < -0.4 is 26.4 Å². The van der Waals surface area contributed by atoms with Crippen LogP contribution in [0.5, 0.6) is 6.01 Å². The molecule has 0 amide bonds. The number of nitrogens with two attached hydrogens (primary N) is 2. The Balaban J connectivity index is 1.64. The normalized spacial score (nSPS) is 20.3. The summed E-state index contributed by atoms with van der Waals surface area (Å²) in [7, 11) is 1.58. The lowest BCUT2D eigenvalue weighted by molar-refractivity contribution is -0.108. The first-order chi connectivity index (χ1) is 15.5. The molecule has 0 saturated heterocycles.